The molecule has 0 bridgehead atoms. The number of hydrogen-bond acceptors (Lipinski definition) is 3. The number of benzene rings is 1. The summed E-state index contributed by atoms with van der Waals surface area (Å²) < 4.78 is 5.37. The van der Waals surface area contributed by atoms with Crippen molar-refractivity contribution in [3.63, 3.8) is 0 Å². The van der Waals surface area contributed by atoms with Gasteiger partial charge in [0.25, 0.3) is 0 Å². The minimum Gasteiger partial charge on any atom is -0.496 e. The molecule has 1 saturated heterocycles. The predicted octanol–water partition coefficient (Wildman–Crippen LogP) is 2.13. The van der Waals surface area contributed by atoms with Crippen LogP contribution in [0.4, 0.5) is 0 Å². The molecule has 0 radical (unpaired) electrons. The molecule has 2 rings (SSSR count). The normalized spacial score (nSPS) is 18.8. The third-order valence-electron chi connectivity index (χ3n) is 4.35. The first kappa shape index (κ1) is 15.8. The molecule has 0 aliphatic carbocycles. The Hall–Kier alpha value is -1.55. The van der Waals surface area contributed by atoms with Gasteiger partial charge >= 0.3 is 0 Å². The minimum atomic E-state index is -0.236. The number of carbonyl (C=O) groups is 1. The maximum atomic E-state index is 12.5. The summed E-state index contributed by atoms with van der Waals surface area (Å²) in [5, 5.41) is 6.47. The lowest BCUT2D eigenvalue weighted by molar-refractivity contribution is -0.132. The van der Waals surface area contributed by atoms with E-state index in [0.717, 1.165) is 43.7 Å². The van der Waals surface area contributed by atoms with Gasteiger partial charge in [-0.1, -0.05) is 25.1 Å². The van der Waals surface area contributed by atoms with Gasteiger partial charge in [-0.25, -0.2) is 0 Å². The van der Waals surface area contributed by atoms with Crippen molar-refractivity contribution in [2.75, 3.05) is 20.2 Å². The predicted molar refractivity (Wildman–Crippen MR) is 84.5 cm³/mol. The Kier molecular flexibility index (Phi) is 5.23. The number of ether oxygens (including phenoxy) is 1. The quantitative estimate of drug-likeness (QED) is 0.873. The first-order chi connectivity index (χ1) is 10.0. The van der Waals surface area contributed by atoms with Crippen LogP contribution in [-0.4, -0.2) is 32.1 Å². The van der Waals surface area contributed by atoms with E-state index in [2.05, 4.69) is 24.5 Å². The van der Waals surface area contributed by atoms with Crippen molar-refractivity contribution < 1.29 is 9.53 Å². The maximum absolute atomic E-state index is 12.5. The molecule has 0 spiro atoms. The van der Waals surface area contributed by atoms with Crippen LogP contribution in [0.1, 0.15) is 32.3 Å². The van der Waals surface area contributed by atoms with Gasteiger partial charge in [0.05, 0.1) is 7.11 Å². The van der Waals surface area contributed by atoms with E-state index in [4.69, 9.17) is 4.74 Å². The van der Waals surface area contributed by atoms with Crippen LogP contribution in [0.5, 0.6) is 5.75 Å². The molecule has 1 aliphatic rings. The summed E-state index contributed by atoms with van der Waals surface area (Å²) in [6, 6.07) is 8.06. The van der Waals surface area contributed by atoms with Crippen LogP contribution in [0.2, 0.25) is 0 Å². The third kappa shape index (κ3) is 3.97. The highest BCUT2D eigenvalue weighted by molar-refractivity contribution is 5.82. The van der Waals surface area contributed by atoms with Gasteiger partial charge in [-0.3, -0.25) is 4.79 Å². The fraction of sp³-hybridized carbons (Fsp3) is 0.588. The Bertz CT molecular complexity index is 481. The maximum Gasteiger partial charge on any atom is 0.226 e. The first-order valence-corrected chi connectivity index (χ1v) is 7.69. The van der Waals surface area contributed by atoms with Crippen molar-refractivity contribution >= 4 is 5.91 Å². The largest absolute Gasteiger partial charge is 0.496 e. The van der Waals surface area contributed by atoms with Crippen LogP contribution in [0.25, 0.3) is 0 Å². The molecule has 4 heteroatoms. The van der Waals surface area contributed by atoms with Crippen LogP contribution in [0.15, 0.2) is 24.3 Å². The fourth-order valence-electron chi connectivity index (χ4n) is 2.86. The molecule has 116 valence electrons. The second-order valence-electron chi connectivity index (χ2n) is 6.20. The van der Waals surface area contributed by atoms with Crippen molar-refractivity contribution in [1.29, 1.82) is 0 Å². The lowest BCUT2D eigenvalue weighted by atomic mass is 9.80. The van der Waals surface area contributed by atoms with Gasteiger partial charge in [-0.15, -0.1) is 0 Å². The zero-order valence-electron chi connectivity index (χ0n) is 13.2. The van der Waals surface area contributed by atoms with Gasteiger partial charge in [-0.2, -0.15) is 0 Å². The summed E-state index contributed by atoms with van der Waals surface area (Å²) in [7, 11) is 1.68. The Labute approximate surface area is 127 Å². The number of nitrogens with one attached hydrogen (secondary N) is 2. The van der Waals surface area contributed by atoms with Gasteiger partial charge < -0.3 is 15.4 Å². The molecule has 1 fully saturated rings. The monoisotopic (exact) mass is 290 g/mol. The van der Waals surface area contributed by atoms with Crippen molar-refractivity contribution in [2.45, 2.75) is 39.2 Å². The van der Waals surface area contributed by atoms with Crippen LogP contribution >= 0.6 is 0 Å². The van der Waals surface area contributed by atoms with Gasteiger partial charge in [0.1, 0.15) is 5.75 Å². The van der Waals surface area contributed by atoms with E-state index in [0.29, 0.717) is 0 Å². The lowest BCUT2D eigenvalue weighted by Crippen LogP contribution is -2.48. The molecule has 1 unspecified atom stereocenters. The Morgan fingerprint density at radius 1 is 1.38 bits per heavy atom. The van der Waals surface area contributed by atoms with Crippen molar-refractivity contribution in [2.24, 2.45) is 5.41 Å². The van der Waals surface area contributed by atoms with Crippen LogP contribution < -0.4 is 15.4 Å². The van der Waals surface area contributed by atoms with Gasteiger partial charge in [0, 0.05) is 11.5 Å². The standard InChI is InChI=1S/C17H26N2O2/c1-13(12-14-6-4-5-7-15(14)21-3)19-16(20)17(2)8-10-18-11-9-17/h4-7,13,18H,8-12H2,1-3H3,(H,19,20). The Morgan fingerprint density at radius 2 is 2.05 bits per heavy atom. The number of hydrogen-bond donors (Lipinski definition) is 2. The zero-order valence-corrected chi connectivity index (χ0v) is 13.2. The van der Waals surface area contributed by atoms with Gasteiger partial charge in [0.2, 0.25) is 5.91 Å². The van der Waals surface area contributed by atoms with E-state index in [9.17, 15) is 4.79 Å². The van der Waals surface area contributed by atoms with E-state index < -0.39 is 0 Å². The molecular weight excluding hydrogens is 264 g/mol. The molecule has 21 heavy (non-hydrogen) atoms. The number of rotatable bonds is 5. The minimum absolute atomic E-state index is 0.0977. The molecule has 1 aliphatic heterocycles. The van der Waals surface area contributed by atoms with E-state index in [1.807, 2.05) is 24.3 Å². The second-order valence-corrected chi connectivity index (χ2v) is 6.20. The van der Waals surface area contributed by atoms with E-state index in [1.54, 1.807) is 7.11 Å². The highest BCUT2D eigenvalue weighted by Crippen LogP contribution is 2.28. The zero-order chi connectivity index (χ0) is 15.3. The molecular formula is C17H26N2O2. The molecule has 0 aromatic heterocycles. The molecule has 1 amide bonds. The molecule has 4 nitrogen and oxygen atoms in total. The summed E-state index contributed by atoms with van der Waals surface area (Å²) in [5.41, 5.74) is 0.892. The highest BCUT2D eigenvalue weighted by Gasteiger charge is 2.34. The number of methoxy groups -OCH3 is 1. The average molecular weight is 290 g/mol. The van der Waals surface area contributed by atoms with Gasteiger partial charge in [0.15, 0.2) is 0 Å². The molecule has 1 atom stereocenters. The number of carbonyl (C=O) groups excluding carboxylic acids is 1. The van der Waals surface area contributed by atoms with Crippen molar-refractivity contribution in [1.82, 2.24) is 10.6 Å². The Balaban J connectivity index is 1.95. The Morgan fingerprint density at radius 3 is 2.71 bits per heavy atom. The molecule has 1 aromatic rings. The first-order valence-electron chi connectivity index (χ1n) is 7.69. The van der Waals surface area contributed by atoms with Crippen LogP contribution in [0.3, 0.4) is 0 Å². The lowest BCUT2D eigenvalue weighted by Gasteiger charge is -2.33. The summed E-state index contributed by atoms with van der Waals surface area (Å²) in [6.07, 6.45) is 2.59. The van der Waals surface area contributed by atoms with E-state index in [-0.39, 0.29) is 17.4 Å². The van der Waals surface area contributed by atoms with Crippen LogP contribution in [0, 0.1) is 5.41 Å². The van der Waals surface area contributed by atoms with E-state index >= 15 is 0 Å². The summed E-state index contributed by atoms with van der Waals surface area (Å²) in [6.45, 7) is 5.96. The third-order valence-corrected chi connectivity index (χ3v) is 4.35. The van der Waals surface area contributed by atoms with Crippen molar-refractivity contribution in [3.8, 4) is 5.75 Å². The average Bonchev–Trinajstić information content (AvgIpc) is 2.48. The summed E-state index contributed by atoms with van der Waals surface area (Å²) >= 11 is 0. The summed E-state index contributed by atoms with van der Waals surface area (Å²) in [5.74, 6) is 1.05. The highest BCUT2D eigenvalue weighted by atomic mass is 16.5. The number of para-hydroxylation sites is 1. The fourth-order valence-corrected chi connectivity index (χ4v) is 2.86. The molecule has 1 aromatic carbocycles. The van der Waals surface area contributed by atoms with Crippen molar-refractivity contribution in [3.05, 3.63) is 29.8 Å². The summed E-state index contributed by atoms with van der Waals surface area (Å²) in [4.78, 5) is 12.5. The second kappa shape index (κ2) is 6.94. The van der Waals surface area contributed by atoms with Crippen LogP contribution in [-0.2, 0) is 11.2 Å². The molecule has 0 saturated carbocycles. The number of piperidine rings is 1. The number of amides is 1. The SMILES string of the molecule is COc1ccccc1CC(C)NC(=O)C1(C)CCNCC1. The topological polar surface area (TPSA) is 50.4 Å². The molecule has 2 N–H and O–H groups in total. The van der Waals surface area contributed by atoms with Gasteiger partial charge in [-0.05, 0) is 50.9 Å². The smallest absolute Gasteiger partial charge is 0.226 e. The van der Waals surface area contributed by atoms with E-state index in [1.165, 1.54) is 0 Å². The molecule has 1 heterocycles.